The summed E-state index contributed by atoms with van der Waals surface area (Å²) < 4.78 is 13.3. The van der Waals surface area contributed by atoms with E-state index in [1.165, 1.54) is 17.4 Å². The van der Waals surface area contributed by atoms with E-state index in [0.717, 1.165) is 22.6 Å². The molecular weight excluding hydrogens is 277 g/mol. The van der Waals surface area contributed by atoms with Crippen LogP contribution in [0.15, 0.2) is 24.3 Å². The molecule has 5 nitrogen and oxygen atoms in total. The van der Waals surface area contributed by atoms with E-state index in [1.807, 2.05) is 6.07 Å². The van der Waals surface area contributed by atoms with E-state index in [1.54, 1.807) is 12.1 Å². The smallest absolute Gasteiger partial charge is 0.192 e. The van der Waals surface area contributed by atoms with Gasteiger partial charge in [0, 0.05) is 23.9 Å². The molecule has 0 unspecified atom stereocenters. The summed E-state index contributed by atoms with van der Waals surface area (Å²) in [6.45, 7) is 0.632. The van der Waals surface area contributed by atoms with Gasteiger partial charge in [-0.1, -0.05) is 12.1 Å². The van der Waals surface area contributed by atoms with Gasteiger partial charge in [-0.05, 0) is 17.7 Å². The Kier molecular flexibility index (Phi) is 3.37. The van der Waals surface area contributed by atoms with Gasteiger partial charge in [0.25, 0.3) is 0 Å². The first-order valence-corrected chi connectivity index (χ1v) is 7.02. The minimum absolute atomic E-state index is 0.0869. The van der Waals surface area contributed by atoms with Crippen LogP contribution in [0.25, 0.3) is 0 Å². The number of guanidine groups is 1. The van der Waals surface area contributed by atoms with Crippen LogP contribution in [0.5, 0.6) is 0 Å². The minimum Gasteiger partial charge on any atom is -0.370 e. The van der Waals surface area contributed by atoms with Crippen molar-refractivity contribution in [1.82, 2.24) is 10.3 Å². The number of hydrogen-bond acceptors (Lipinski definition) is 4. The molecule has 0 bridgehead atoms. The summed E-state index contributed by atoms with van der Waals surface area (Å²) in [6, 6.07) is 6.72. The van der Waals surface area contributed by atoms with E-state index < -0.39 is 0 Å². The van der Waals surface area contributed by atoms with E-state index in [2.05, 4.69) is 15.6 Å². The Morgan fingerprint density at radius 3 is 3.15 bits per heavy atom. The van der Waals surface area contributed by atoms with Crippen molar-refractivity contribution in [3.8, 4) is 0 Å². The third kappa shape index (κ3) is 2.63. The van der Waals surface area contributed by atoms with Crippen molar-refractivity contribution in [2.45, 2.75) is 19.0 Å². The first kappa shape index (κ1) is 13.0. The lowest BCUT2D eigenvalue weighted by Crippen LogP contribution is -2.28. The second-order valence-corrected chi connectivity index (χ2v) is 5.70. The van der Waals surface area contributed by atoms with E-state index in [9.17, 15) is 4.39 Å². The zero-order valence-corrected chi connectivity index (χ0v) is 11.4. The molecule has 2 aromatic rings. The Labute approximate surface area is 119 Å². The molecule has 0 radical (unpaired) electrons. The molecule has 1 aromatic carbocycles. The number of hydrogen-bond donors (Lipinski definition) is 4. The highest BCUT2D eigenvalue weighted by Gasteiger charge is 2.23. The van der Waals surface area contributed by atoms with Crippen molar-refractivity contribution >= 4 is 22.4 Å². The molecule has 0 spiro atoms. The molecule has 3 rings (SSSR count). The molecular formula is C13H14FN5S. The maximum atomic E-state index is 13.3. The molecule has 1 atom stereocenters. The van der Waals surface area contributed by atoms with Crippen LogP contribution in [-0.2, 0) is 13.0 Å². The van der Waals surface area contributed by atoms with Crippen molar-refractivity contribution in [3.63, 3.8) is 0 Å². The number of aromatic nitrogens is 1. The zero-order valence-electron chi connectivity index (χ0n) is 10.6. The first-order chi connectivity index (χ1) is 9.61. The van der Waals surface area contributed by atoms with Gasteiger partial charge in [0.2, 0.25) is 0 Å². The largest absolute Gasteiger partial charge is 0.370 e. The number of fused-ring (bicyclic) bond motifs is 1. The number of benzene rings is 1. The lowest BCUT2D eigenvalue weighted by molar-refractivity contribution is 0.495. The lowest BCUT2D eigenvalue weighted by atomic mass is 9.99. The summed E-state index contributed by atoms with van der Waals surface area (Å²) in [5, 5.41) is 13.9. The number of thiazole rings is 1. The molecule has 2 heterocycles. The maximum Gasteiger partial charge on any atom is 0.192 e. The predicted molar refractivity (Wildman–Crippen MR) is 77.3 cm³/mol. The standard InChI is InChI=1S/C13H14FN5S/c14-8-3-1-2-7(4-8)9-5-11-10(6-17-9)18-13(20-11)19-12(15)16/h1-4,9,17H,5-6H2,(H4,15,16,18,19)/t9-/m0/s1. The average molecular weight is 291 g/mol. The molecule has 20 heavy (non-hydrogen) atoms. The monoisotopic (exact) mass is 291 g/mol. The quantitative estimate of drug-likeness (QED) is 0.503. The average Bonchev–Trinajstić information content (AvgIpc) is 2.78. The van der Waals surface area contributed by atoms with Gasteiger partial charge in [-0.3, -0.25) is 5.41 Å². The highest BCUT2D eigenvalue weighted by atomic mass is 32.1. The lowest BCUT2D eigenvalue weighted by Gasteiger charge is -2.23. The molecule has 104 valence electrons. The van der Waals surface area contributed by atoms with E-state index in [4.69, 9.17) is 11.1 Å². The van der Waals surface area contributed by atoms with Gasteiger partial charge in [-0.25, -0.2) is 9.37 Å². The van der Waals surface area contributed by atoms with Gasteiger partial charge in [-0.15, -0.1) is 11.3 Å². The van der Waals surface area contributed by atoms with Gasteiger partial charge >= 0.3 is 0 Å². The van der Waals surface area contributed by atoms with Gasteiger partial charge in [0.1, 0.15) is 5.82 Å². The molecule has 5 N–H and O–H groups in total. The summed E-state index contributed by atoms with van der Waals surface area (Å²) in [7, 11) is 0. The van der Waals surface area contributed by atoms with Crippen LogP contribution >= 0.6 is 11.3 Å². The van der Waals surface area contributed by atoms with Crippen LogP contribution in [0.2, 0.25) is 0 Å². The topological polar surface area (TPSA) is 86.8 Å². The Morgan fingerprint density at radius 1 is 1.55 bits per heavy atom. The summed E-state index contributed by atoms with van der Waals surface area (Å²) in [5.41, 5.74) is 7.20. The summed E-state index contributed by atoms with van der Waals surface area (Å²) in [6.07, 6.45) is 0.760. The summed E-state index contributed by atoms with van der Waals surface area (Å²) >= 11 is 1.49. The fourth-order valence-electron chi connectivity index (χ4n) is 2.29. The Morgan fingerprint density at radius 2 is 2.40 bits per heavy atom. The Hall–Kier alpha value is -1.99. The van der Waals surface area contributed by atoms with E-state index >= 15 is 0 Å². The van der Waals surface area contributed by atoms with Crippen LogP contribution in [0.3, 0.4) is 0 Å². The summed E-state index contributed by atoms with van der Waals surface area (Å²) in [4.78, 5) is 5.53. The normalized spacial score (nSPS) is 17.6. The number of nitrogens with two attached hydrogens (primary N) is 1. The minimum atomic E-state index is -0.224. The second kappa shape index (κ2) is 5.18. The number of rotatable bonds is 2. The fourth-order valence-corrected chi connectivity index (χ4v) is 3.32. The second-order valence-electron chi connectivity index (χ2n) is 4.62. The van der Waals surface area contributed by atoms with Crippen molar-refractivity contribution in [2.75, 3.05) is 5.32 Å². The molecule has 0 saturated heterocycles. The number of nitrogens with zero attached hydrogens (tertiary/aromatic N) is 1. The third-order valence-electron chi connectivity index (χ3n) is 3.18. The first-order valence-electron chi connectivity index (χ1n) is 6.20. The van der Waals surface area contributed by atoms with Crippen LogP contribution < -0.4 is 16.4 Å². The highest BCUT2D eigenvalue weighted by molar-refractivity contribution is 7.15. The van der Waals surface area contributed by atoms with Gasteiger partial charge in [-0.2, -0.15) is 0 Å². The van der Waals surface area contributed by atoms with Crippen LogP contribution in [-0.4, -0.2) is 10.9 Å². The Bertz CT molecular complexity index is 654. The van der Waals surface area contributed by atoms with E-state index in [-0.39, 0.29) is 17.8 Å². The van der Waals surface area contributed by atoms with Gasteiger partial charge in [0.05, 0.1) is 5.69 Å². The maximum absolute atomic E-state index is 13.3. The van der Waals surface area contributed by atoms with Crippen molar-refractivity contribution in [1.29, 1.82) is 5.41 Å². The molecule has 0 aliphatic carbocycles. The van der Waals surface area contributed by atoms with Crippen molar-refractivity contribution < 1.29 is 4.39 Å². The van der Waals surface area contributed by atoms with Crippen LogP contribution in [0.4, 0.5) is 9.52 Å². The molecule has 0 amide bonds. The predicted octanol–water partition coefficient (Wildman–Crippen LogP) is 1.97. The molecule has 0 saturated carbocycles. The Balaban J connectivity index is 1.81. The number of nitrogens with one attached hydrogen (secondary N) is 3. The molecule has 1 aliphatic rings. The van der Waals surface area contributed by atoms with Crippen molar-refractivity contribution in [3.05, 3.63) is 46.2 Å². The van der Waals surface area contributed by atoms with E-state index in [0.29, 0.717) is 11.7 Å². The zero-order chi connectivity index (χ0) is 14.1. The fraction of sp³-hybridized carbons (Fsp3) is 0.231. The highest BCUT2D eigenvalue weighted by Crippen LogP contribution is 2.32. The van der Waals surface area contributed by atoms with Crippen LogP contribution in [0.1, 0.15) is 22.2 Å². The number of halogens is 1. The van der Waals surface area contributed by atoms with Gasteiger partial charge < -0.3 is 16.4 Å². The van der Waals surface area contributed by atoms with Crippen LogP contribution in [0, 0.1) is 11.2 Å². The third-order valence-corrected chi connectivity index (χ3v) is 4.21. The summed E-state index contributed by atoms with van der Waals surface area (Å²) in [5.74, 6) is -0.343. The molecule has 7 heteroatoms. The molecule has 1 aliphatic heterocycles. The SMILES string of the molecule is N=C(N)Nc1nc2c(s1)C[C@@H](c1cccc(F)c1)NC2. The van der Waals surface area contributed by atoms with Crippen molar-refractivity contribution in [2.24, 2.45) is 5.73 Å². The van der Waals surface area contributed by atoms with Gasteiger partial charge in [0.15, 0.2) is 11.1 Å². The molecule has 0 fully saturated rings. The number of anilines is 1. The molecule has 1 aromatic heterocycles.